The van der Waals surface area contributed by atoms with Crippen LogP contribution >= 0.6 is 0 Å². The fourth-order valence-electron chi connectivity index (χ4n) is 1.96. The lowest BCUT2D eigenvalue weighted by atomic mass is 10.2. The normalized spacial score (nSPS) is 14.5. The summed E-state index contributed by atoms with van der Waals surface area (Å²) in [5.74, 6) is -0.159. The quantitative estimate of drug-likeness (QED) is 0.705. The zero-order valence-corrected chi connectivity index (χ0v) is 13.1. The number of aromatic amines is 1. The highest BCUT2D eigenvalue weighted by atomic mass is 32.2. The molecule has 1 aromatic carbocycles. The van der Waals surface area contributed by atoms with E-state index in [1.54, 1.807) is 0 Å². The van der Waals surface area contributed by atoms with Gasteiger partial charge in [0, 0.05) is 11.6 Å². The molecule has 122 valence electrons. The molecule has 10 heteroatoms. The summed E-state index contributed by atoms with van der Waals surface area (Å²) in [5, 5.41) is 8.59. The Hall–Kier alpha value is -2.46. The number of nitrogens with one attached hydrogen (secondary N) is 3. The SMILES string of the molecule is COc1ccc(C(=O)Nc2ncn[nH]2)cc1S(=O)(=O)NC1CC1. The van der Waals surface area contributed by atoms with Crippen molar-refractivity contribution >= 4 is 21.9 Å². The summed E-state index contributed by atoms with van der Waals surface area (Å²) in [5.41, 5.74) is 0.165. The Morgan fingerprint density at radius 3 is 2.78 bits per heavy atom. The van der Waals surface area contributed by atoms with Crippen LogP contribution in [0.1, 0.15) is 23.2 Å². The average molecular weight is 337 g/mol. The van der Waals surface area contributed by atoms with Crippen molar-refractivity contribution in [2.45, 2.75) is 23.8 Å². The zero-order chi connectivity index (χ0) is 16.4. The molecule has 0 radical (unpaired) electrons. The summed E-state index contributed by atoms with van der Waals surface area (Å²) >= 11 is 0. The standard InChI is InChI=1S/C13H15N5O4S/c1-22-10-5-2-8(12(19)16-13-14-7-15-17-13)6-11(10)23(20,21)18-9-3-4-9/h2,5-7,9,18H,3-4H2,1H3,(H2,14,15,16,17,19). The number of methoxy groups -OCH3 is 1. The average Bonchev–Trinajstić information content (AvgIpc) is 3.18. The number of hydrogen-bond acceptors (Lipinski definition) is 6. The Morgan fingerprint density at radius 1 is 1.39 bits per heavy atom. The van der Waals surface area contributed by atoms with Crippen LogP contribution in [0.15, 0.2) is 29.4 Å². The molecule has 0 atom stereocenters. The summed E-state index contributed by atoms with van der Waals surface area (Å²) in [4.78, 5) is 15.9. The second-order valence-electron chi connectivity index (χ2n) is 5.05. The van der Waals surface area contributed by atoms with Crippen molar-refractivity contribution in [3.8, 4) is 5.75 Å². The van der Waals surface area contributed by atoms with Crippen molar-refractivity contribution in [3.63, 3.8) is 0 Å². The minimum absolute atomic E-state index is 0.0450. The molecule has 1 heterocycles. The highest BCUT2D eigenvalue weighted by molar-refractivity contribution is 7.89. The number of aromatic nitrogens is 3. The molecule has 0 spiro atoms. The van der Waals surface area contributed by atoms with Crippen molar-refractivity contribution < 1.29 is 17.9 Å². The van der Waals surface area contributed by atoms with Crippen LogP contribution in [0.25, 0.3) is 0 Å². The van der Waals surface area contributed by atoms with Gasteiger partial charge >= 0.3 is 0 Å². The van der Waals surface area contributed by atoms with E-state index in [4.69, 9.17) is 4.74 Å². The van der Waals surface area contributed by atoms with E-state index in [0.29, 0.717) is 0 Å². The topological polar surface area (TPSA) is 126 Å². The highest BCUT2D eigenvalue weighted by Crippen LogP contribution is 2.28. The van der Waals surface area contributed by atoms with Gasteiger partial charge in [0.2, 0.25) is 16.0 Å². The number of carbonyl (C=O) groups excluding carboxylic acids is 1. The smallest absolute Gasteiger partial charge is 0.258 e. The molecule has 1 aliphatic carbocycles. The Kier molecular flexibility index (Phi) is 4.01. The van der Waals surface area contributed by atoms with Gasteiger partial charge in [0.15, 0.2) is 0 Å². The molecule has 0 bridgehead atoms. The Morgan fingerprint density at radius 2 is 2.17 bits per heavy atom. The number of sulfonamides is 1. The number of benzene rings is 1. The maximum Gasteiger partial charge on any atom is 0.258 e. The lowest BCUT2D eigenvalue weighted by Gasteiger charge is -2.12. The van der Waals surface area contributed by atoms with E-state index in [2.05, 4.69) is 25.2 Å². The molecular weight excluding hydrogens is 322 g/mol. The van der Waals surface area contributed by atoms with Gasteiger partial charge in [-0.1, -0.05) is 0 Å². The Labute approximate surface area is 132 Å². The van der Waals surface area contributed by atoms with Gasteiger partial charge in [0.25, 0.3) is 5.91 Å². The van der Waals surface area contributed by atoms with Gasteiger partial charge in [-0.3, -0.25) is 10.1 Å². The second kappa shape index (κ2) is 5.97. The van der Waals surface area contributed by atoms with Crippen LogP contribution in [-0.4, -0.2) is 42.7 Å². The van der Waals surface area contributed by atoms with E-state index in [0.717, 1.165) is 12.8 Å². The lowest BCUT2D eigenvalue weighted by Crippen LogP contribution is -2.26. The molecule has 1 amide bonds. The molecule has 3 rings (SSSR count). The summed E-state index contributed by atoms with van der Waals surface area (Å²) < 4.78 is 32.5. The Balaban J connectivity index is 1.90. The maximum absolute atomic E-state index is 12.4. The minimum Gasteiger partial charge on any atom is -0.495 e. The monoisotopic (exact) mass is 337 g/mol. The molecule has 1 fully saturated rings. The largest absolute Gasteiger partial charge is 0.495 e. The minimum atomic E-state index is -3.75. The van der Waals surface area contributed by atoms with Crippen molar-refractivity contribution in [3.05, 3.63) is 30.1 Å². The summed E-state index contributed by atoms with van der Waals surface area (Å²) in [7, 11) is -2.37. The van der Waals surface area contributed by atoms with Crippen molar-refractivity contribution in [2.24, 2.45) is 0 Å². The van der Waals surface area contributed by atoms with Crippen LogP contribution in [0.2, 0.25) is 0 Å². The molecule has 9 nitrogen and oxygen atoms in total. The molecule has 1 aromatic heterocycles. The first-order chi connectivity index (χ1) is 11.0. The summed E-state index contributed by atoms with van der Waals surface area (Å²) in [6.45, 7) is 0. The van der Waals surface area contributed by atoms with Crippen LogP contribution in [0.3, 0.4) is 0 Å². The van der Waals surface area contributed by atoms with Gasteiger partial charge in [-0.15, -0.1) is 0 Å². The maximum atomic E-state index is 12.4. The molecular formula is C13H15N5O4S. The molecule has 0 aliphatic heterocycles. The van der Waals surface area contributed by atoms with Gasteiger partial charge in [0.05, 0.1) is 7.11 Å². The van der Waals surface area contributed by atoms with E-state index < -0.39 is 15.9 Å². The van der Waals surface area contributed by atoms with Crippen molar-refractivity contribution in [1.82, 2.24) is 19.9 Å². The number of carbonyl (C=O) groups is 1. The molecule has 3 N–H and O–H groups in total. The number of anilines is 1. The molecule has 2 aromatic rings. The van der Waals surface area contributed by atoms with Gasteiger partial charge in [-0.05, 0) is 31.0 Å². The third-order valence-electron chi connectivity index (χ3n) is 3.26. The van der Waals surface area contributed by atoms with Crippen molar-refractivity contribution in [2.75, 3.05) is 12.4 Å². The molecule has 1 saturated carbocycles. The van der Waals surface area contributed by atoms with E-state index in [1.807, 2.05) is 0 Å². The molecule has 0 saturated heterocycles. The van der Waals surface area contributed by atoms with Crippen LogP contribution in [0, 0.1) is 0 Å². The van der Waals surface area contributed by atoms with Crippen molar-refractivity contribution in [1.29, 1.82) is 0 Å². The first-order valence-corrected chi connectivity index (χ1v) is 8.35. The number of hydrogen-bond donors (Lipinski definition) is 3. The van der Waals surface area contributed by atoms with Crippen LogP contribution in [-0.2, 0) is 10.0 Å². The van der Waals surface area contributed by atoms with Gasteiger partial charge in [-0.2, -0.15) is 10.1 Å². The number of ether oxygens (including phenoxy) is 1. The first kappa shape index (κ1) is 15.4. The summed E-state index contributed by atoms with van der Waals surface area (Å²) in [6.07, 6.45) is 2.87. The predicted octanol–water partition coefficient (Wildman–Crippen LogP) is 0.506. The van der Waals surface area contributed by atoms with Crippen LogP contribution in [0.4, 0.5) is 5.95 Å². The zero-order valence-electron chi connectivity index (χ0n) is 12.2. The fourth-order valence-corrected chi connectivity index (χ4v) is 3.46. The van der Waals surface area contributed by atoms with E-state index in [1.165, 1.54) is 31.6 Å². The summed E-state index contributed by atoms with van der Waals surface area (Å²) in [6, 6.07) is 4.14. The molecule has 23 heavy (non-hydrogen) atoms. The van der Waals surface area contributed by atoms with Crippen LogP contribution in [0.5, 0.6) is 5.75 Å². The fraction of sp³-hybridized carbons (Fsp3) is 0.308. The van der Waals surface area contributed by atoms with Crippen LogP contribution < -0.4 is 14.8 Å². The Bertz CT molecular complexity index is 815. The van der Waals surface area contributed by atoms with E-state index in [9.17, 15) is 13.2 Å². The van der Waals surface area contributed by atoms with E-state index in [-0.39, 0.29) is 28.2 Å². The van der Waals surface area contributed by atoms with Gasteiger partial charge in [-0.25, -0.2) is 18.2 Å². The van der Waals surface area contributed by atoms with Gasteiger partial charge in [0.1, 0.15) is 17.0 Å². The first-order valence-electron chi connectivity index (χ1n) is 6.86. The van der Waals surface area contributed by atoms with E-state index >= 15 is 0 Å². The molecule has 0 unspecified atom stereocenters. The highest BCUT2D eigenvalue weighted by Gasteiger charge is 2.30. The third-order valence-corrected chi connectivity index (χ3v) is 4.80. The number of H-pyrrole nitrogens is 1. The number of nitrogens with zero attached hydrogens (tertiary/aromatic N) is 2. The van der Waals surface area contributed by atoms with Gasteiger partial charge < -0.3 is 4.74 Å². The predicted molar refractivity (Wildman–Crippen MR) is 80.7 cm³/mol. The third kappa shape index (κ3) is 3.48. The number of rotatable bonds is 6. The number of amides is 1. The molecule has 1 aliphatic rings. The second-order valence-corrected chi connectivity index (χ2v) is 6.73. The lowest BCUT2D eigenvalue weighted by molar-refractivity contribution is 0.102.